The number of carbonyl (C=O) groups is 2. The van der Waals surface area contributed by atoms with Gasteiger partial charge in [0.1, 0.15) is 6.04 Å². The smallest absolute Gasteiger partial charge is 0.257 e. The summed E-state index contributed by atoms with van der Waals surface area (Å²) in [6.07, 6.45) is 0. The third-order valence-electron chi connectivity index (χ3n) is 3.87. The van der Waals surface area contributed by atoms with Crippen molar-refractivity contribution in [3.05, 3.63) is 35.5 Å². The number of nitrogens with zero attached hydrogens (tertiary/aromatic N) is 1. The quantitative estimate of drug-likeness (QED) is 0.824. The van der Waals surface area contributed by atoms with Crippen molar-refractivity contribution >= 4 is 22.7 Å². The van der Waals surface area contributed by atoms with E-state index in [-0.39, 0.29) is 11.8 Å². The molecule has 5 nitrogen and oxygen atoms in total. The molecule has 1 unspecified atom stereocenters. The van der Waals surface area contributed by atoms with E-state index >= 15 is 0 Å². The molecule has 2 aromatic rings. The number of piperazine rings is 1. The molecule has 1 saturated heterocycles. The van der Waals surface area contributed by atoms with Crippen molar-refractivity contribution in [3.63, 3.8) is 0 Å². The zero-order chi connectivity index (χ0) is 14.3. The van der Waals surface area contributed by atoms with Crippen molar-refractivity contribution in [2.75, 3.05) is 13.1 Å². The molecule has 1 aliphatic rings. The normalized spacial score (nSPS) is 19.2. The molecular weight excluding hydrogens is 254 g/mol. The van der Waals surface area contributed by atoms with Gasteiger partial charge in [0.2, 0.25) is 5.91 Å². The van der Waals surface area contributed by atoms with Gasteiger partial charge in [0.05, 0.1) is 5.56 Å². The van der Waals surface area contributed by atoms with Crippen molar-refractivity contribution in [2.45, 2.75) is 19.9 Å². The summed E-state index contributed by atoms with van der Waals surface area (Å²) in [4.78, 5) is 29.4. The number of fused-ring (bicyclic) bond motifs is 1. The Morgan fingerprint density at radius 2 is 2.10 bits per heavy atom. The number of carbonyl (C=O) groups excluding carboxylic acids is 2. The molecular formula is C15H17N3O2. The summed E-state index contributed by atoms with van der Waals surface area (Å²) in [6.45, 7) is 4.71. The summed E-state index contributed by atoms with van der Waals surface area (Å²) in [5.41, 5.74) is 2.46. The van der Waals surface area contributed by atoms with Crippen LogP contribution in [0.1, 0.15) is 23.0 Å². The highest BCUT2D eigenvalue weighted by Gasteiger charge is 2.31. The molecule has 5 heteroatoms. The molecule has 1 aromatic carbocycles. The number of para-hydroxylation sites is 1. The van der Waals surface area contributed by atoms with Gasteiger partial charge in [-0.3, -0.25) is 9.59 Å². The SMILES string of the molecule is Cc1[nH]c2ccccc2c1C(=O)N1CCNC(=O)C1C. The molecule has 0 aliphatic carbocycles. The fourth-order valence-corrected chi connectivity index (χ4v) is 2.76. The number of aromatic nitrogens is 1. The summed E-state index contributed by atoms with van der Waals surface area (Å²) in [6, 6.07) is 7.30. The van der Waals surface area contributed by atoms with E-state index < -0.39 is 6.04 Å². The van der Waals surface area contributed by atoms with Gasteiger partial charge in [-0.1, -0.05) is 18.2 Å². The first-order chi connectivity index (χ1) is 9.59. The number of H-pyrrole nitrogens is 1. The maximum Gasteiger partial charge on any atom is 0.257 e. The average Bonchev–Trinajstić information content (AvgIpc) is 2.77. The minimum atomic E-state index is -0.427. The van der Waals surface area contributed by atoms with Crippen molar-refractivity contribution in [1.29, 1.82) is 0 Å². The Balaban J connectivity index is 2.04. The lowest BCUT2D eigenvalue weighted by atomic mass is 10.1. The number of aromatic amines is 1. The first-order valence-electron chi connectivity index (χ1n) is 6.75. The predicted octanol–water partition coefficient (Wildman–Crippen LogP) is 1.44. The van der Waals surface area contributed by atoms with E-state index in [4.69, 9.17) is 0 Å². The standard InChI is InChI=1S/C15H17N3O2/c1-9-13(11-5-3-4-6-12(11)17-9)15(20)18-8-7-16-14(19)10(18)2/h3-6,10,17H,7-8H2,1-2H3,(H,16,19). The summed E-state index contributed by atoms with van der Waals surface area (Å²) in [5.74, 6) is -0.176. The van der Waals surface area contributed by atoms with Crippen LogP contribution in [0.3, 0.4) is 0 Å². The average molecular weight is 271 g/mol. The minimum Gasteiger partial charge on any atom is -0.358 e. The van der Waals surface area contributed by atoms with Gasteiger partial charge in [0.15, 0.2) is 0 Å². The van der Waals surface area contributed by atoms with Crippen LogP contribution >= 0.6 is 0 Å². The van der Waals surface area contributed by atoms with Gasteiger partial charge in [-0.15, -0.1) is 0 Å². The van der Waals surface area contributed by atoms with Crippen LogP contribution < -0.4 is 5.32 Å². The number of nitrogens with one attached hydrogen (secondary N) is 2. The van der Waals surface area contributed by atoms with Gasteiger partial charge in [0, 0.05) is 29.7 Å². The Morgan fingerprint density at radius 3 is 2.90 bits per heavy atom. The van der Waals surface area contributed by atoms with Crippen molar-refractivity contribution < 1.29 is 9.59 Å². The van der Waals surface area contributed by atoms with Gasteiger partial charge >= 0.3 is 0 Å². The Morgan fingerprint density at radius 1 is 1.35 bits per heavy atom. The number of hydrogen-bond acceptors (Lipinski definition) is 2. The lowest BCUT2D eigenvalue weighted by Crippen LogP contribution is -2.55. The zero-order valence-corrected chi connectivity index (χ0v) is 11.6. The maximum absolute atomic E-state index is 12.8. The molecule has 0 spiro atoms. The first-order valence-corrected chi connectivity index (χ1v) is 6.75. The van der Waals surface area contributed by atoms with Gasteiger partial charge in [-0.05, 0) is 19.9 Å². The molecule has 2 amide bonds. The fraction of sp³-hybridized carbons (Fsp3) is 0.333. The van der Waals surface area contributed by atoms with Crippen molar-refractivity contribution in [1.82, 2.24) is 15.2 Å². The van der Waals surface area contributed by atoms with Crippen LogP contribution in [0.15, 0.2) is 24.3 Å². The molecule has 0 radical (unpaired) electrons. The second kappa shape index (κ2) is 4.67. The lowest BCUT2D eigenvalue weighted by Gasteiger charge is -2.32. The number of hydrogen-bond donors (Lipinski definition) is 2. The minimum absolute atomic E-state index is 0.0812. The van der Waals surface area contributed by atoms with Gasteiger partial charge in [0.25, 0.3) is 5.91 Å². The van der Waals surface area contributed by atoms with E-state index in [1.807, 2.05) is 31.2 Å². The van der Waals surface area contributed by atoms with E-state index in [0.717, 1.165) is 16.6 Å². The van der Waals surface area contributed by atoms with Crippen LogP contribution in [-0.2, 0) is 4.79 Å². The van der Waals surface area contributed by atoms with E-state index in [0.29, 0.717) is 18.7 Å². The second-order valence-electron chi connectivity index (χ2n) is 5.14. The highest BCUT2D eigenvalue weighted by Crippen LogP contribution is 2.24. The fourth-order valence-electron chi connectivity index (χ4n) is 2.76. The van der Waals surface area contributed by atoms with Crippen LogP contribution in [0.2, 0.25) is 0 Å². The summed E-state index contributed by atoms with van der Waals surface area (Å²) in [7, 11) is 0. The van der Waals surface area contributed by atoms with Crippen LogP contribution in [0.4, 0.5) is 0 Å². The van der Waals surface area contributed by atoms with E-state index in [2.05, 4.69) is 10.3 Å². The monoisotopic (exact) mass is 271 g/mol. The van der Waals surface area contributed by atoms with Crippen LogP contribution in [0.25, 0.3) is 10.9 Å². The molecule has 2 heterocycles. The summed E-state index contributed by atoms with van der Waals surface area (Å²) in [5, 5.41) is 3.68. The molecule has 1 fully saturated rings. The molecule has 3 rings (SSSR count). The molecule has 1 atom stereocenters. The number of amides is 2. The molecule has 1 aliphatic heterocycles. The number of aryl methyl sites for hydroxylation is 1. The van der Waals surface area contributed by atoms with E-state index in [1.54, 1.807) is 11.8 Å². The molecule has 1 aromatic heterocycles. The third-order valence-corrected chi connectivity index (χ3v) is 3.87. The van der Waals surface area contributed by atoms with Gasteiger partial charge < -0.3 is 15.2 Å². The molecule has 20 heavy (non-hydrogen) atoms. The zero-order valence-electron chi connectivity index (χ0n) is 11.6. The molecule has 0 bridgehead atoms. The third kappa shape index (κ3) is 1.86. The van der Waals surface area contributed by atoms with Crippen LogP contribution in [0, 0.1) is 6.92 Å². The molecule has 104 valence electrons. The van der Waals surface area contributed by atoms with Crippen LogP contribution in [0.5, 0.6) is 0 Å². The maximum atomic E-state index is 12.8. The predicted molar refractivity (Wildman–Crippen MR) is 76.5 cm³/mol. The summed E-state index contributed by atoms with van der Waals surface area (Å²) < 4.78 is 0. The highest BCUT2D eigenvalue weighted by molar-refractivity contribution is 6.09. The van der Waals surface area contributed by atoms with Gasteiger partial charge in [-0.2, -0.15) is 0 Å². The highest BCUT2D eigenvalue weighted by atomic mass is 16.2. The summed E-state index contributed by atoms with van der Waals surface area (Å²) >= 11 is 0. The largest absolute Gasteiger partial charge is 0.358 e. The molecule has 2 N–H and O–H groups in total. The molecule has 0 saturated carbocycles. The topological polar surface area (TPSA) is 65.2 Å². The Kier molecular flexibility index (Phi) is 2.97. The lowest BCUT2D eigenvalue weighted by molar-refractivity contribution is -0.127. The van der Waals surface area contributed by atoms with E-state index in [9.17, 15) is 9.59 Å². The second-order valence-corrected chi connectivity index (χ2v) is 5.14. The van der Waals surface area contributed by atoms with Crippen molar-refractivity contribution in [2.24, 2.45) is 0 Å². The number of benzene rings is 1. The van der Waals surface area contributed by atoms with Crippen LogP contribution in [-0.4, -0.2) is 40.8 Å². The van der Waals surface area contributed by atoms with Gasteiger partial charge in [-0.25, -0.2) is 0 Å². The number of rotatable bonds is 1. The Labute approximate surface area is 117 Å². The Bertz CT molecular complexity index is 689. The Hall–Kier alpha value is -2.30. The first kappa shape index (κ1) is 12.7. The van der Waals surface area contributed by atoms with Crippen molar-refractivity contribution in [3.8, 4) is 0 Å². The van der Waals surface area contributed by atoms with E-state index in [1.165, 1.54) is 0 Å².